The highest BCUT2D eigenvalue weighted by molar-refractivity contribution is 5.88. The quantitative estimate of drug-likeness (QED) is 0.888. The van der Waals surface area contributed by atoms with E-state index in [4.69, 9.17) is 10.00 Å². The Bertz CT molecular complexity index is 673. The van der Waals surface area contributed by atoms with Gasteiger partial charge in [-0.15, -0.1) is 0 Å². The minimum atomic E-state index is -0.775. The van der Waals surface area contributed by atoms with E-state index in [1.807, 2.05) is 6.07 Å². The first-order chi connectivity index (χ1) is 10.6. The second-order valence-corrected chi connectivity index (χ2v) is 4.77. The van der Waals surface area contributed by atoms with E-state index in [0.29, 0.717) is 22.6 Å². The van der Waals surface area contributed by atoms with Crippen LogP contribution in [0.3, 0.4) is 0 Å². The number of aliphatic hydroxyl groups excluding tert-OH is 1. The SMILES string of the molecule is CC(=O)Nc1ccc(OCC(O)c2ccc(C#N)cc2)cc1. The van der Waals surface area contributed by atoms with E-state index >= 15 is 0 Å². The van der Waals surface area contributed by atoms with Crippen molar-refractivity contribution in [1.82, 2.24) is 0 Å². The first kappa shape index (κ1) is 15.5. The van der Waals surface area contributed by atoms with Gasteiger partial charge in [0.25, 0.3) is 0 Å². The molecule has 2 aromatic rings. The largest absolute Gasteiger partial charge is 0.491 e. The molecule has 2 rings (SSSR count). The fourth-order valence-electron chi connectivity index (χ4n) is 1.89. The molecule has 0 aliphatic carbocycles. The maximum absolute atomic E-state index is 10.9. The van der Waals surface area contributed by atoms with Crippen LogP contribution < -0.4 is 10.1 Å². The molecule has 0 heterocycles. The zero-order valence-corrected chi connectivity index (χ0v) is 12.1. The molecule has 22 heavy (non-hydrogen) atoms. The van der Waals surface area contributed by atoms with Crippen LogP contribution in [0.15, 0.2) is 48.5 Å². The van der Waals surface area contributed by atoms with Crippen molar-refractivity contribution < 1.29 is 14.6 Å². The van der Waals surface area contributed by atoms with Gasteiger partial charge in [0.05, 0.1) is 11.6 Å². The molecular formula is C17H16N2O3. The minimum absolute atomic E-state index is 0.103. The zero-order chi connectivity index (χ0) is 15.9. The summed E-state index contributed by atoms with van der Waals surface area (Å²) in [6.07, 6.45) is -0.775. The normalized spacial score (nSPS) is 11.3. The molecule has 0 saturated carbocycles. The van der Waals surface area contributed by atoms with Gasteiger partial charge < -0.3 is 15.2 Å². The van der Waals surface area contributed by atoms with Gasteiger partial charge >= 0.3 is 0 Å². The molecule has 5 nitrogen and oxygen atoms in total. The first-order valence-corrected chi connectivity index (χ1v) is 6.77. The van der Waals surface area contributed by atoms with Crippen molar-refractivity contribution in [1.29, 1.82) is 5.26 Å². The molecule has 0 bridgehead atoms. The third-order valence-corrected chi connectivity index (χ3v) is 3.01. The van der Waals surface area contributed by atoms with Crippen LogP contribution >= 0.6 is 0 Å². The summed E-state index contributed by atoms with van der Waals surface area (Å²) in [5, 5.41) is 21.5. The fraction of sp³-hybridized carbons (Fsp3) is 0.176. The fourth-order valence-corrected chi connectivity index (χ4v) is 1.89. The Balaban J connectivity index is 1.91. The molecule has 5 heteroatoms. The third-order valence-electron chi connectivity index (χ3n) is 3.01. The number of amides is 1. The first-order valence-electron chi connectivity index (χ1n) is 6.77. The van der Waals surface area contributed by atoms with Crippen LogP contribution in [0.5, 0.6) is 5.75 Å². The molecule has 0 aromatic heterocycles. The van der Waals surface area contributed by atoms with Crippen LogP contribution in [0.1, 0.15) is 24.2 Å². The lowest BCUT2D eigenvalue weighted by atomic mass is 10.1. The Hall–Kier alpha value is -2.84. The Morgan fingerprint density at radius 2 is 1.86 bits per heavy atom. The molecule has 0 spiro atoms. The monoisotopic (exact) mass is 296 g/mol. The van der Waals surface area contributed by atoms with E-state index in [0.717, 1.165) is 0 Å². The van der Waals surface area contributed by atoms with Gasteiger partial charge in [0.2, 0.25) is 5.91 Å². The van der Waals surface area contributed by atoms with Gasteiger partial charge in [-0.25, -0.2) is 0 Å². The highest BCUT2D eigenvalue weighted by Gasteiger charge is 2.08. The number of nitrogens with one attached hydrogen (secondary N) is 1. The Morgan fingerprint density at radius 1 is 1.23 bits per heavy atom. The summed E-state index contributed by atoms with van der Waals surface area (Å²) in [6.45, 7) is 1.55. The predicted molar refractivity (Wildman–Crippen MR) is 82.4 cm³/mol. The van der Waals surface area contributed by atoms with Crippen LogP contribution in [-0.2, 0) is 4.79 Å². The second kappa shape index (κ2) is 7.25. The molecule has 0 aliphatic rings. The van der Waals surface area contributed by atoms with Gasteiger partial charge in [-0.05, 0) is 42.0 Å². The summed E-state index contributed by atoms with van der Waals surface area (Å²) >= 11 is 0. The van der Waals surface area contributed by atoms with E-state index < -0.39 is 6.10 Å². The zero-order valence-electron chi connectivity index (χ0n) is 12.1. The van der Waals surface area contributed by atoms with Gasteiger partial charge in [-0.3, -0.25) is 4.79 Å². The predicted octanol–water partition coefficient (Wildman–Crippen LogP) is 2.63. The number of ether oxygens (including phenoxy) is 1. The number of aliphatic hydroxyl groups is 1. The van der Waals surface area contributed by atoms with Crippen molar-refractivity contribution in [2.24, 2.45) is 0 Å². The van der Waals surface area contributed by atoms with E-state index in [1.54, 1.807) is 48.5 Å². The van der Waals surface area contributed by atoms with Crippen molar-refractivity contribution in [3.63, 3.8) is 0 Å². The summed E-state index contributed by atoms with van der Waals surface area (Å²) in [7, 11) is 0. The molecule has 0 saturated heterocycles. The molecule has 0 fully saturated rings. The topological polar surface area (TPSA) is 82.3 Å². The maximum Gasteiger partial charge on any atom is 0.221 e. The number of hydrogen-bond acceptors (Lipinski definition) is 4. The van der Waals surface area contributed by atoms with E-state index in [1.165, 1.54) is 6.92 Å². The third kappa shape index (κ3) is 4.33. The number of hydrogen-bond donors (Lipinski definition) is 2. The molecular weight excluding hydrogens is 280 g/mol. The lowest BCUT2D eigenvalue weighted by Gasteiger charge is -2.13. The smallest absolute Gasteiger partial charge is 0.221 e. The van der Waals surface area contributed by atoms with Gasteiger partial charge in [0, 0.05) is 12.6 Å². The lowest BCUT2D eigenvalue weighted by Crippen LogP contribution is -2.10. The number of anilines is 1. The Morgan fingerprint density at radius 3 is 2.41 bits per heavy atom. The van der Waals surface area contributed by atoms with E-state index in [9.17, 15) is 9.90 Å². The van der Waals surface area contributed by atoms with E-state index in [-0.39, 0.29) is 12.5 Å². The van der Waals surface area contributed by atoms with Gasteiger partial charge in [-0.2, -0.15) is 5.26 Å². The number of nitrogens with zero attached hydrogens (tertiary/aromatic N) is 1. The van der Waals surface area contributed by atoms with Gasteiger partial charge in [0.15, 0.2) is 0 Å². The van der Waals surface area contributed by atoms with Gasteiger partial charge in [0.1, 0.15) is 18.5 Å². The minimum Gasteiger partial charge on any atom is -0.491 e. The molecule has 0 radical (unpaired) electrons. The summed E-state index contributed by atoms with van der Waals surface area (Å²) in [5.74, 6) is 0.465. The molecule has 2 aromatic carbocycles. The number of carbonyl (C=O) groups excluding carboxylic acids is 1. The van der Waals surface area contributed by atoms with Crippen LogP contribution in [0.25, 0.3) is 0 Å². The van der Waals surface area contributed by atoms with Crippen molar-refractivity contribution in [2.75, 3.05) is 11.9 Å². The molecule has 1 amide bonds. The molecule has 1 atom stereocenters. The van der Waals surface area contributed by atoms with Crippen molar-refractivity contribution >= 4 is 11.6 Å². The van der Waals surface area contributed by atoms with E-state index in [2.05, 4.69) is 5.32 Å². The van der Waals surface area contributed by atoms with Gasteiger partial charge in [-0.1, -0.05) is 12.1 Å². The average Bonchev–Trinajstić information content (AvgIpc) is 2.53. The molecule has 2 N–H and O–H groups in total. The number of rotatable bonds is 5. The van der Waals surface area contributed by atoms with Crippen LogP contribution in [0.2, 0.25) is 0 Å². The summed E-state index contributed by atoms with van der Waals surface area (Å²) in [4.78, 5) is 10.9. The maximum atomic E-state index is 10.9. The Labute approximate surface area is 128 Å². The summed E-state index contributed by atoms with van der Waals surface area (Å²) in [5.41, 5.74) is 1.92. The van der Waals surface area contributed by atoms with Crippen LogP contribution in [0, 0.1) is 11.3 Å². The number of benzene rings is 2. The second-order valence-electron chi connectivity index (χ2n) is 4.77. The molecule has 112 valence electrons. The highest BCUT2D eigenvalue weighted by atomic mass is 16.5. The van der Waals surface area contributed by atoms with Crippen molar-refractivity contribution in [3.05, 3.63) is 59.7 Å². The molecule has 0 aliphatic heterocycles. The standard InChI is InChI=1S/C17H16N2O3/c1-12(20)19-15-6-8-16(9-7-15)22-11-17(21)14-4-2-13(10-18)3-5-14/h2-9,17,21H,11H2,1H3,(H,19,20). The summed E-state index contributed by atoms with van der Waals surface area (Å²) < 4.78 is 5.51. The lowest BCUT2D eigenvalue weighted by molar-refractivity contribution is -0.114. The molecule has 1 unspecified atom stereocenters. The van der Waals surface area contributed by atoms with Crippen LogP contribution in [0.4, 0.5) is 5.69 Å². The van der Waals surface area contributed by atoms with Crippen molar-refractivity contribution in [2.45, 2.75) is 13.0 Å². The number of carbonyl (C=O) groups is 1. The highest BCUT2D eigenvalue weighted by Crippen LogP contribution is 2.19. The average molecular weight is 296 g/mol. The Kier molecular flexibility index (Phi) is 5.12. The van der Waals surface area contributed by atoms with Crippen LogP contribution in [-0.4, -0.2) is 17.6 Å². The summed E-state index contributed by atoms with van der Waals surface area (Å²) in [6, 6.07) is 15.6. The number of nitriles is 1. The van der Waals surface area contributed by atoms with Crippen molar-refractivity contribution in [3.8, 4) is 11.8 Å².